The SMILES string of the molecule is CCn1c(C(=O)N2CCC(C(=O)NCCN3CCOCC3)CC2)cc2occc21. The standard InChI is InChI=1S/C21H30N4O4/c1-2-25-17-5-12-29-19(17)15-18(25)21(27)24-7-3-16(4-8-24)20(26)22-6-9-23-10-13-28-14-11-23/h5,12,15-16H,2-4,6-11,13-14H2,1H3,(H,22,26). The number of hydrogen-bond donors (Lipinski definition) is 1. The number of morpholine rings is 1. The minimum Gasteiger partial charge on any atom is -0.463 e. The number of amides is 2. The van der Waals surface area contributed by atoms with E-state index >= 15 is 0 Å². The molecule has 2 aliphatic heterocycles. The molecule has 0 atom stereocenters. The summed E-state index contributed by atoms with van der Waals surface area (Å²) in [5, 5.41) is 3.07. The highest BCUT2D eigenvalue weighted by atomic mass is 16.5. The van der Waals surface area contributed by atoms with Crippen LogP contribution in [0.3, 0.4) is 0 Å². The van der Waals surface area contributed by atoms with Gasteiger partial charge in [-0.3, -0.25) is 14.5 Å². The zero-order chi connectivity index (χ0) is 20.2. The number of fused-ring (bicyclic) bond motifs is 1. The summed E-state index contributed by atoms with van der Waals surface area (Å²) in [6, 6.07) is 3.72. The molecule has 2 fully saturated rings. The van der Waals surface area contributed by atoms with Gasteiger partial charge in [-0.05, 0) is 19.8 Å². The summed E-state index contributed by atoms with van der Waals surface area (Å²) in [4.78, 5) is 29.7. The van der Waals surface area contributed by atoms with Gasteiger partial charge in [0.1, 0.15) is 5.69 Å². The zero-order valence-corrected chi connectivity index (χ0v) is 17.1. The fraction of sp³-hybridized carbons (Fsp3) is 0.619. The predicted octanol–water partition coefficient (Wildman–Crippen LogP) is 1.55. The quantitative estimate of drug-likeness (QED) is 0.793. The molecular weight excluding hydrogens is 372 g/mol. The Hall–Kier alpha value is -2.32. The van der Waals surface area contributed by atoms with Crippen molar-refractivity contribution in [1.82, 2.24) is 19.7 Å². The van der Waals surface area contributed by atoms with Crippen LogP contribution in [0.25, 0.3) is 11.1 Å². The summed E-state index contributed by atoms with van der Waals surface area (Å²) >= 11 is 0. The molecule has 0 saturated carbocycles. The maximum absolute atomic E-state index is 13.0. The summed E-state index contributed by atoms with van der Waals surface area (Å²) in [5.41, 5.74) is 2.35. The Balaban J connectivity index is 1.26. The van der Waals surface area contributed by atoms with Crippen molar-refractivity contribution in [3.63, 3.8) is 0 Å². The monoisotopic (exact) mass is 402 g/mol. The Labute approximate surface area is 170 Å². The fourth-order valence-electron chi connectivity index (χ4n) is 4.31. The second kappa shape index (κ2) is 9.00. The van der Waals surface area contributed by atoms with Gasteiger partial charge in [0.15, 0.2) is 5.58 Å². The van der Waals surface area contributed by atoms with Gasteiger partial charge in [0.05, 0.1) is 25.0 Å². The van der Waals surface area contributed by atoms with Crippen molar-refractivity contribution in [2.24, 2.45) is 5.92 Å². The molecule has 2 aromatic heterocycles. The van der Waals surface area contributed by atoms with Crippen LogP contribution in [0.4, 0.5) is 0 Å². The van der Waals surface area contributed by atoms with Crippen molar-refractivity contribution in [3.05, 3.63) is 24.1 Å². The summed E-state index contributed by atoms with van der Waals surface area (Å²) in [5.74, 6) is 0.113. The molecule has 0 spiro atoms. The van der Waals surface area contributed by atoms with E-state index in [1.54, 1.807) is 6.26 Å². The van der Waals surface area contributed by atoms with E-state index in [0.29, 0.717) is 44.7 Å². The van der Waals surface area contributed by atoms with Crippen molar-refractivity contribution in [2.45, 2.75) is 26.3 Å². The van der Waals surface area contributed by atoms with Crippen molar-refractivity contribution in [2.75, 3.05) is 52.5 Å². The molecule has 1 N–H and O–H groups in total. The maximum atomic E-state index is 13.0. The second-order valence-corrected chi connectivity index (χ2v) is 7.76. The van der Waals surface area contributed by atoms with E-state index in [1.807, 2.05) is 28.5 Å². The van der Waals surface area contributed by atoms with Gasteiger partial charge >= 0.3 is 0 Å². The van der Waals surface area contributed by atoms with E-state index in [4.69, 9.17) is 9.15 Å². The molecule has 2 amide bonds. The van der Waals surface area contributed by atoms with Crippen LogP contribution in [0.15, 0.2) is 22.8 Å². The number of aromatic nitrogens is 1. The molecule has 2 aliphatic rings. The number of piperidine rings is 1. The van der Waals surface area contributed by atoms with Crippen LogP contribution in [0.5, 0.6) is 0 Å². The molecule has 4 rings (SSSR count). The Kier molecular flexibility index (Phi) is 6.20. The third-order valence-electron chi connectivity index (χ3n) is 6.04. The van der Waals surface area contributed by atoms with Crippen LogP contribution in [-0.2, 0) is 16.1 Å². The van der Waals surface area contributed by atoms with E-state index in [9.17, 15) is 9.59 Å². The normalized spacial score (nSPS) is 19.0. The van der Waals surface area contributed by atoms with Gasteiger partial charge in [-0.25, -0.2) is 0 Å². The second-order valence-electron chi connectivity index (χ2n) is 7.76. The van der Waals surface area contributed by atoms with Gasteiger partial charge in [0, 0.05) is 63.9 Å². The molecule has 158 valence electrons. The maximum Gasteiger partial charge on any atom is 0.270 e. The van der Waals surface area contributed by atoms with Gasteiger partial charge in [-0.2, -0.15) is 0 Å². The smallest absolute Gasteiger partial charge is 0.270 e. The molecule has 2 saturated heterocycles. The lowest BCUT2D eigenvalue weighted by Crippen LogP contribution is -2.45. The molecule has 8 nitrogen and oxygen atoms in total. The van der Waals surface area contributed by atoms with Gasteiger partial charge in [0.2, 0.25) is 5.91 Å². The molecule has 0 aromatic carbocycles. The summed E-state index contributed by atoms with van der Waals surface area (Å²) in [6.45, 7) is 8.89. The number of rotatable bonds is 6. The molecule has 4 heterocycles. The third-order valence-corrected chi connectivity index (χ3v) is 6.04. The van der Waals surface area contributed by atoms with Crippen LogP contribution in [0.1, 0.15) is 30.3 Å². The summed E-state index contributed by atoms with van der Waals surface area (Å²) < 4.78 is 12.8. The van der Waals surface area contributed by atoms with E-state index < -0.39 is 0 Å². The predicted molar refractivity (Wildman–Crippen MR) is 109 cm³/mol. The molecule has 8 heteroatoms. The van der Waals surface area contributed by atoms with Crippen molar-refractivity contribution in [1.29, 1.82) is 0 Å². The largest absolute Gasteiger partial charge is 0.463 e. The minimum absolute atomic E-state index is 0.0158. The van der Waals surface area contributed by atoms with E-state index in [1.165, 1.54) is 0 Å². The Morgan fingerprint density at radius 2 is 1.93 bits per heavy atom. The Morgan fingerprint density at radius 1 is 1.17 bits per heavy atom. The summed E-state index contributed by atoms with van der Waals surface area (Å²) in [6.07, 6.45) is 3.06. The van der Waals surface area contributed by atoms with E-state index in [2.05, 4.69) is 10.2 Å². The van der Waals surface area contributed by atoms with Crippen LogP contribution < -0.4 is 5.32 Å². The van der Waals surface area contributed by atoms with Gasteiger partial charge in [-0.1, -0.05) is 0 Å². The van der Waals surface area contributed by atoms with Crippen LogP contribution >= 0.6 is 0 Å². The van der Waals surface area contributed by atoms with Crippen LogP contribution in [-0.4, -0.2) is 78.7 Å². The lowest BCUT2D eigenvalue weighted by molar-refractivity contribution is -0.126. The van der Waals surface area contributed by atoms with Crippen molar-refractivity contribution >= 4 is 22.9 Å². The number of carbonyl (C=O) groups is 2. The lowest BCUT2D eigenvalue weighted by atomic mass is 9.95. The molecule has 0 radical (unpaired) electrons. The highest BCUT2D eigenvalue weighted by Gasteiger charge is 2.29. The van der Waals surface area contributed by atoms with E-state index in [0.717, 1.165) is 43.9 Å². The molecule has 29 heavy (non-hydrogen) atoms. The first-order valence-electron chi connectivity index (χ1n) is 10.6. The Morgan fingerprint density at radius 3 is 2.66 bits per heavy atom. The number of likely N-dealkylation sites (tertiary alicyclic amines) is 1. The highest BCUT2D eigenvalue weighted by Crippen LogP contribution is 2.24. The van der Waals surface area contributed by atoms with Crippen molar-refractivity contribution < 1.29 is 18.7 Å². The zero-order valence-electron chi connectivity index (χ0n) is 17.1. The first kappa shape index (κ1) is 20.0. The first-order valence-corrected chi connectivity index (χ1v) is 10.6. The molecule has 0 unspecified atom stereocenters. The average Bonchev–Trinajstić information content (AvgIpc) is 3.35. The summed E-state index contributed by atoms with van der Waals surface area (Å²) in [7, 11) is 0. The topological polar surface area (TPSA) is 80.0 Å². The number of ether oxygens (including phenoxy) is 1. The number of carbonyl (C=O) groups excluding carboxylic acids is 2. The Bertz CT molecular complexity index is 844. The number of nitrogens with zero attached hydrogens (tertiary/aromatic N) is 3. The van der Waals surface area contributed by atoms with Crippen LogP contribution in [0, 0.1) is 5.92 Å². The average molecular weight is 402 g/mol. The number of aryl methyl sites for hydroxylation is 1. The van der Waals surface area contributed by atoms with Crippen LogP contribution in [0.2, 0.25) is 0 Å². The van der Waals surface area contributed by atoms with Gasteiger partial charge in [-0.15, -0.1) is 0 Å². The van der Waals surface area contributed by atoms with Gasteiger partial charge < -0.3 is 23.9 Å². The number of hydrogen-bond acceptors (Lipinski definition) is 5. The van der Waals surface area contributed by atoms with Gasteiger partial charge in [0.25, 0.3) is 5.91 Å². The minimum atomic E-state index is -0.0158. The lowest BCUT2D eigenvalue weighted by Gasteiger charge is -2.32. The number of nitrogens with one attached hydrogen (secondary N) is 1. The molecular formula is C21H30N4O4. The third kappa shape index (κ3) is 4.33. The van der Waals surface area contributed by atoms with Crippen molar-refractivity contribution in [3.8, 4) is 0 Å². The first-order chi connectivity index (χ1) is 14.2. The molecule has 2 aromatic rings. The molecule has 0 bridgehead atoms. The molecule has 0 aliphatic carbocycles. The number of furan rings is 1. The highest BCUT2D eigenvalue weighted by molar-refractivity contribution is 5.97. The fourth-order valence-corrected chi connectivity index (χ4v) is 4.31. The van der Waals surface area contributed by atoms with E-state index in [-0.39, 0.29) is 17.7 Å².